The SMILES string of the molecule is CCCCc1ccc(OC(=O)NC)cc1. The minimum Gasteiger partial charge on any atom is -0.410 e. The summed E-state index contributed by atoms with van der Waals surface area (Å²) >= 11 is 0. The minimum absolute atomic E-state index is 0.434. The largest absolute Gasteiger partial charge is 0.412 e. The van der Waals surface area contributed by atoms with Crippen LogP contribution in [0.1, 0.15) is 25.3 Å². The molecule has 0 fully saturated rings. The molecule has 82 valence electrons. The molecule has 1 amide bonds. The summed E-state index contributed by atoms with van der Waals surface area (Å²) in [5.41, 5.74) is 1.28. The third kappa shape index (κ3) is 4.02. The number of carbonyl (C=O) groups excluding carboxylic acids is 1. The number of benzene rings is 1. The van der Waals surface area contributed by atoms with Crippen molar-refractivity contribution >= 4 is 6.09 Å². The first-order valence-electron chi connectivity index (χ1n) is 5.24. The van der Waals surface area contributed by atoms with Crippen molar-refractivity contribution in [2.45, 2.75) is 26.2 Å². The van der Waals surface area contributed by atoms with Gasteiger partial charge in [-0.1, -0.05) is 25.5 Å². The van der Waals surface area contributed by atoms with Crippen molar-refractivity contribution < 1.29 is 9.53 Å². The molecule has 0 heterocycles. The first kappa shape index (κ1) is 11.6. The summed E-state index contributed by atoms with van der Waals surface area (Å²) in [6, 6.07) is 7.63. The highest BCUT2D eigenvalue weighted by Crippen LogP contribution is 2.13. The first-order chi connectivity index (χ1) is 7.26. The molecule has 1 rings (SSSR count). The van der Waals surface area contributed by atoms with Gasteiger partial charge in [0, 0.05) is 7.05 Å². The molecule has 0 unspecified atom stereocenters. The van der Waals surface area contributed by atoms with Crippen LogP contribution in [0, 0.1) is 0 Å². The molecule has 1 N–H and O–H groups in total. The quantitative estimate of drug-likeness (QED) is 0.824. The van der Waals surface area contributed by atoms with E-state index in [-0.39, 0.29) is 0 Å². The van der Waals surface area contributed by atoms with Crippen LogP contribution in [0.2, 0.25) is 0 Å². The summed E-state index contributed by atoms with van der Waals surface area (Å²) in [5, 5.41) is 2.40. The van der Waals surface area contributed by atoms with E-state index in [4.69, 9.17) is 4.74 Å². The van der Waals surface area contributed by atoms with Crippen molar-refractivity contribution in [2.24, 2.45) is 0 Å². The molecule has 15 heavy (non-hydrogen) atoms. The maximum Gasteiger partial charge on any atom is 0.412 e. The van der Waals surface area contributed by atoms with E-state index < -0.39 is 6.09 Å². The molecule has 0 aliphatic carbocycles. The highest BCUT2D eigenvalue weighted by Gasteiger charge is 2.00. The Bertz CT molecular complexity index is 306. The van der Waals surface area contributed by atoms with Crippen LogP contribution >= 0.6 is 0 Å². The van der Waals surface area contributed by atoms with Crippen LogP contribution in [0.4, 0.5) is 4.79 Å². The van der Waals surface area contributed by atoms with Gasteiger partial charge in [-0.15, -0.1) is 0 Å². The maximum absolute atomic E-state index is 10.9. The maximum atomic E-state index is 10.9. The Balaban J connectivity index is 2.52. The molecule has 3 heteroatoms. The van der Waals surface area contributed by atoms with E-state index in [1.807, 2.05) is 24.3 Å². The Morgan fingerprint density at radius 1 is 1.33 bits per heavy atom. The fourth-order valence-corrected chi connectivity index (χ4v) is 1.26. The average Bonchev–Trinajstić information content (AvgIpc) is 2.28. The highest BCUT2D eigenvalue weighted by atomic mass is 16.5. The van der Waals surface area contributed by atoms with Crippen molar-refractivity contribution in [3.05, 3.63) is 29.8 Å². The summed E-state index contributed by atoms with van der Waals surface area (Å²) in [4.78, 5) is 10.9. The fraction of sp³-hybridized carbons (Fsp3) is 0.417. The highest BCUT2D eigenvalue weighted by molar-refractivity contribution is 5.69. The number of unbranched alkanes of at least 4 members (excludes halogenated alkanes) is 1. The molecule has 3 nitrogen and oxygen atoms in total. The van der Waals surface area contributed by atoms with Crippen LogP contribution in [0.15, 0.2) is 24.3 Å². The lowest BCUT2D eigenvalue weighted by Crippen LogP contribution is -2.21. The third-order valence-corrected chi connectivity index (χ3v) is 2.16. The van der Waals surface area contributed by atoms with Crippen LogP contribution in [0.3, 0.4) is 0 Å². The van der Waals surface area contributed by atoms with E-state index in [0.29, 0.717) is 5.75 Å². The van der Waals surface area contributed by atoms with Gasteiger partial charge in [-0.05, 0) is 30.5 Å². The Morgan fingerprint density at radius 3 is 2.53 bits per heavy atom. The van der Waals surface area contributed by atoms with Crippen LogP contribution in [-0.2, 0) is 6.42 Å². The van der Waals surface area contributed by atoms with Crippen LogP contribution in [0.5, 0.6) is 5.75 Å². The zero-order valence-electron chi connectivity index (χ0n) is 9.25. The summed E-state index contributed by atoms with van der Waals surface area (Å²) < 4.78 is 4.97. The first-order valence-corrected chi connectivity index (χ1v) is 5.24. The van der Waals surface area contributed by atoms with Crippen molar-refractivity contribution in [2.75, 3.05) is 7.05 Å². The number of ether oxygens (including phenoxy) is 1. The van der Waals surface area contributed by atoms with Crippen LogP contribution in [0.25, 0.3) is 0 Å². The van der Waals surface area contributed by atoms with Crippen LogP contribution < -0.4 is 10.1 Å². The summed E-state index contributed by atoms with van der Waals surface area (Å²) in [6.07, 6.45) is 3.03. The number of nitrogens with one attached hydrogen (secondary N) is 1. The van der Waals surface area contributed by atoms with Crippen molar-refractivity contribution in [3.8, 4) is 5.75 Å². The Labute approximate surface area is 90.4 Å². The Morgan fingerprint density at radius 2 is 2.00 bits per heavy atom. The van der Waals surface area contributed by atoms with Crippen molar-refractivity contribution in [3.63, 3.8) is 0 Å². The number of hydrogen-bond acceptors (Lipinski definition) is 2. The molecule has 0 aliphatic heterocycles. The molecule has 0 aromatic heterocycles. The molecule has 1 aromatic carbocycles. The summed E-state index contributed by atoms with van der Waals surface area (Å²) in [5.74, 6) is 0.578. The van der Waals surface area contributed by atoms with Crippen molar-refractivity contribution in [1.29, 1.82) is 0 Å². The molecule has 0 saturated heterocycles. The van der Waals surface area contributed by atoms with E-state index in [1.54, 1.807) is 0 Å². The molecule has 0 spiro atoms. The lowest BCUT2D eigenvalue weighted by molar-refractivity contribution is 0.203. The van der Waals surface area contributed by atoms with Gasteiger partial charge in [-0.2, -0.15) is 0 Å². The van der Waals surface area contributed by atoms with Gasteiger partial charge in [0.05, 0.1) is 0 Å². The number of hydrogen-bond donors (Lipinski definition) is 1. The van der Waals surface area contributed by atoms with E-state index in [1.165, 1.54) is 25.5 Å². The lowest BCUT2D eigenvalue weighted by atomic mass is 10.1. The smallest absolute Gasteiger partial charge is 0.410 e. The van der Waals surface area contributed by atoms with Gasteiger partial charge in [0.25, 0.3) is 0 Å². The molecule has 0 radical (unpaired) electrons. The van der Waals surface area contributed by atoms with Gasteiger partial charge in [0.2, 0.25) is 0 Å². The molecule has 0 aliphatic rings. The number of carbonyl (C=O) groups is 1. The predicted molar refractivity (Wildman–Crippen MR) is 60.1 cm³/mol. The van der Waals surface area contributed by atoms with Crippen molar-refractivity contribution in [1.82, 2.24) is 5.32 Å². The normalized spacial score (nSPS) is 9.73. The molecule has 0 saturated carbocycles. The van der Waals surface area contributed by atoms with Crippen LogP contribution in [-0.4, -0.2) is 13.1 Å². The summed E-state index contributed by atoms with van der Waals surface area (Å²) in [7, 11) is 1.54. The standard InChI is InChI=1S/C12H17NO2/c1-3-4-5-10-6-8-11(9-7-10)15-12(14)13-2/h6-9H,3-5H2,1-2H3,(H,13,14). The molecule has 0 bridgehead atoms. The predicted octanol–water partition coefficient (Wildman–Crippen LogP) is 2.75. The molecular weight excluding hydrogens is 190 g/mol. The number of rotatable bonds is 4. The van der Waals surface area contributed by atoms with Gasteiger partial charge in [-0.25, -0.2) is 4.79 Å². The summed E-state index contributed by atoms with van der Waals surface area (Å²) in [6.45, 7) is 2.17. The second-order valence-corrected chi connectivity index (χ2v) is 3.39. The minimum atomic E-state index is -0.434. The Hall–Kier alpha value is -1.51. The molecule has 1 aromatic rings. The van der Waals surface area contributed by atoms with Gasteiger partial charge in [0.1, 0.15) is 5.75 Å². The van der Waals surface area contributed by atoms with E-state index in [0.717, 1.165) is 6.42 Å². The second-order valence-electron chi connectivity index (χ2n) is 3.39. The third-order valence-electron chi connectivity index (χ3n) is 2.16. The Kier molecular flexibility index (Phi) is 4.68. The monoisotopic (exact) mass is 207 g/mol. The zero-order valence-corrected chi connectivity index (χ0v) is 9.25. The average molecular weight is 207 g/mol. The number of amides is 1. The molecule has 0 atom stereocenters. The second kappa shape index (κ2) is 6.06. The molecular formula is C12H17NO2. The van der Waals surface area contributed by atoms with Gasteiger partial charge in [0.15, 0.2) is 0 Å². The van der Waals surface area contributed by atoms with E-state index >= 15 is 0 Å². The lowest BCUT2D eigenvalue weighted by Gasteiger charge is -2.04. The van der Waals surface area contributed by atoms with E-state index in [2.05, 4.69) is 12.2 Å². The number of aryl methyl sites for hydroxylation is 1. The fourth-order valence-electron chi connectivity index (χ4n) is 1.26. The van der Waals surface area contributed by atoms with E-state index in [9.17, 15) is 4.79 Å². The van der Waals surface area contributed by atoms with Gasteiger partial charge in [-0.3, -0.25) is 0 Å². The van der Waals surface area contributed by atoms with Gasteiger partial charge >= 0.3 is 6.09 Å². The topological polar surface area (TPSA) is 38.3 Å². The van der Waals surface area contributed by atoms with Gasteiger partial charge < -0.3 is 10.1 Å². The zero-order chi connectivity index (χ0) is 11.1.